The number of ether oxygens (including phenoxy) is 2. The maximum absolute atomic E-state index is 12.5. The van der Waals surface area contributed by atoms with Crippen LogP contribution in [0, 0.1) is 0 Å². The summed E-state index contributed by atoms with van der Waals surface area (Å²) in [4.78, 5) is 2.11. The minimum Gasteiger partial charge on any atom is -0.493 e. The van der Waals surface area contributed by atoms with Crippen LogP contribution in [-0.2, 0) is 16.6 Å². The van der Waals surface area contributed by atoms with Gasteiger partial charge < -0.3 is 9.47 Å². The van der Waals surface area contributed by atoms with Crippen LogP contribution in [0.2, 0.25) is 0 Å². The summed E-state index contributed by atoms with van der Waals surface area (Å²) in [5.41, 5.74) is 0.878. The molecule has 0 bridgehead atoms. The quantitative estimate of drug-likeness (QED) is 0.692. The molecule has 1 saturated heterocycles. The molecule has 0 radical (unpaired) electrons. The van der Waals surface area contributed by atoms with Crippen LogP contribution in [0.1, 0.15) is 5.56 Å². The number of alkyl halides is 2. The smallest absolute Gasteiger partial charge is 0.387 e. The van der Waals surface area contributed by atoms with Gasteiger partial charge in [0.25, 0.3) is 10.0 Å². The number of benzene rings is 1. The first-order valence-electron chi connectivity index (χ1n) is 8.28. The van der Waals surface area contributed by atoms with E-state index in [2.05, 4.69) is 9.64 Å². The van der Waals surface area contributed by atoms with Crippen molar-refractivity contribution >= 4 is 21.4 Å². The molecule has 1 aromatic carbocycles. The number of hydrogen-bond acceptors (Lipinski definition) is 6. The molecule has 0 spiro atoms. The highest BCUT2D eigenvalue weighted by Crippen LogP contribution is 2.30. The average Bonchev–Trinajstić information content (AvgIpc) is 3.18. The number of rotatable bonds is 7. The molecule has 1 fully saturated rings. The molecule has 10 heteroatoms. The summed E-state index contributed by atoms with van der Waals surface area (Å²) < 4.78 is 61.3. The molecule has 0 saturated carbocycles. The zero-order valence-corrected chi connectivity index (χ0v) is 16.3. The molecule has 1 aliphatic rings. The summed E-state index contributed by atoms with van der Waals surface area (Å²) >= 11 is 1.21. The van der Waals surface area contributed by atoms with Gasteiger partial charge in [0.2, 0.25) is 0 Å². The molecule has 0 N–H and O–H groups in total. The third-order valence-corrected chi connectivity index (χ3v) is 7.54. The first-order valence-corrected chi connectivity index (χ1v) is 10.6. The molecular weight excluding hydrogens is 398 g/mol. The van der Waals surface area contributed by atoms with Crippen molar-refractivity contribution in [1.29, 1.82) is 0 Å². The zero-order valence-electron chi connectivity index (χ0n) is 14.7. The Morgan fingerprint density at radius 3 is 2.48 bits per heavy atom. The van der Waals surface area contributed by atoms with E-state index in [4.69, 9.17) is 4.74 Å². The minimum atomic E-state index is -3.43. The summed E-state index contributed by atoms with van der Waals surface area (Å²) in [7, 11) is -2.03. The summed E-state index contributed by atoms with van der Waals surface area (Å²) in [6.07, 6.45) is 0. The van der Waals surface area contributed by atoms with Gasteiger partial charge in [-0.3, -0.25) is 4.90 Å². The topological polar surface area (TPSA) is 59.1 Å². The van der Waals surface area contributed by atoms with Crippen molar-refractivity contribution in [3.8, 4) is 11.5 Å². The molecule has 3 rings (SSSR count). The predicted molar refractivity (Wildman–Crippen MR) is 98.0 cm³/mol. The highest BCUT2D eigenvalue weighted by molar-refractivity contribution is 7.91. The van der Waals surface area contributed by atoms with Crippen LogP contribution in [0.15, 0.2) is 39.9 Å². The minimum absolute atomic E-state index is 0.0110. The van der Waals surface area contributed by atoms with Crippen molar-refractivity contribution in [2.75, 3.05) is 33.3 Å². The molecule has 1 aliphatic heterocycles. The van der Waals surface area contributed by atoms with Gasteiger partial charge in [-0.15, -0.1) is 11.3 Å². The number of hydrogen-bond donors (Lipinski definition) is 0. The van der Waals surface area contributed by atoms with Gasteiger partial charge in [0.05, 0.1) is 7.11 Å². The van der Waals surface area contributed by atoms with Gasteiger partial charge in [0, 0.05) is 32.7 Å². The number of sulfonamides is 1. The normalized spacial score (nSPS) is 16.6. The standard InChI is InChI=1S/C17H20F2N2O4S2/c1-24-15-11-13(4-5-14(15)25-17(18)19)12-20-6-8-21(9-7-20)27(22,23)16-3-2-10-26-16/h2-5,10-11,17H,6-9,12H2,1H3. The van der Waals surface area contributed by atoms with Crippen molar-refractivity contribution in [2.24, 2.45) is 0 Å². The fourth-order valence-corrected chi connectivity index (χ4v) is 5.49. The summed E-state index contributed by atoms with van der Waals surface area (Å²) in [6, 6.07) is 8.16. The van der Waals surface area contributed by atoms with E-state index in [0.29, 0.717) is 36.9 Å². The molecule has 27 heavy (non-hydrogen) atoms. The molecule has 0 amide bonds. The van der Waals surface area contributed by atoms with E-state index in [9.17, 15) is 17.2 Å². The number of methoxy groups -OCH3 is 1. The van der Waals surface area contributed by atoms with Gasteiger partial charge in [-0.25, -0.2) is 8.42 Å². The SMILES string of the molecule is COc1cc(CN2CCN(S(=O)(=O)c3cccs3)CC2)ccc1OC(F)F. The predicted octanol–water partition coefficient (Wildman–Crippen LogP) is 2.86. The highest BCUT2D eigenvalue weighted by atomic mass is 32.2. The van der Waals surface area contributed by atoms with E-state index < -0.39 is 16.6 Å². The monoisotopic (exact) mass is 418 g/mol. The maximum atomic E-state index is 12.5. The van der Waals surface area contributed by atoms with Gasteiger partial charge >= 0.3 is 6.61 Å². The average molecular weight is 418 g/mol. The summed E-state index contributed by atoms with van der Waals surface area (Å²) in [5, 5.41) is 1.75. The van der Waals surface area contributed by atoms with Crippen LogP contribution in [0.4, 0.5) is 8.78 Å². The maximum Gasteiger partial charge on any atom is 0.387 e. The molecule has 1 aromatic heterocycles. The molecule has 6 nitrogen and oxygen atoms in total. The molecular formula is C17H20F2N2O4S2. The Kier molecular flexibility index (Phi) is 6.30. The lowest BCUT2D eigenvalue weighted by molar-refractivity contribution is -0.0512. The Morgan fingerprint density at radius 1 is 1.15 bits per heavy atom. The lowest BCUT2D eigenvalue weighted by Crippen LogP contribution is -2.48. The second-order valence-corrected chi connectivity index (χ2v) is 9.09. The lowest BCUT2D eigenvalue weighted by Gasteiger charge is -2.33. The molecule has 2 heterocycles. The van der Waals surface area contributed by atoms with Crippen molar-refractivity contribution in [3.63, 3.8) is 0 Å². The molecule has 0 aliphatic carbocycles. The van der Waals surface area contributed by atoms with E-state index in [-0.39, 0.29) is 11.5 Å². The van der Waals surface area contributed by atoms with Crippen LogP contribution in [0.3, 0.4) is 0 Å². The van der Waals surface area contributed by atoms with Gasteiger partial charge in [-0.2, -0.15) is 13.1 Å². The van der Waals surface area contributed by atoms with Gasteiger partial charge in [0.1, 0.15) is 4.21 Å². The molecule has 148 valence electrons. The van der Waals surface area contributed by atoms with E-state index in [0.717, 1.165) is 5.56 Å². The fourth-order valence-electron chi connectivity index (χ4n) is 2.93. The zero-order chi connectivity index (χ0) is 19.4. The Bertz CT molecular complexity index is 852. The fraction of sp³-hybridized carbons (Fsp3) is 0.412. The third kappa shape index (κ3) is 4.75. The van der Waals surface area contributed by atoms with E-state index in [1.54, 1.807) is 29.6 Å². The Morgan fingerprint density at radius 2 is 1.89 bits per heavy atom. The van der Waals surface area contributed by atoms with Crippen LogP contribution >= 0.6 is 11.3 Å². The van der Waals surface area contributed by atoms with Crippen molar-refractivity contribution in [2.45, 2.75) is 17.4 Å². The van der Waals surface area contributed by atoms with Crippen molar-refractivity contribution in [3.05, 3.63) is 41.3 Å². The highest BCUT2D eigenvalue weighted by Gasteiger charge is 2.29. The van der Waals surface area contributed by atoms with Gasteiger partial charge in [-0.1, -0.05) is 12.1 Å². The van der Waals surface area contributed by atoms with Crippen molar-refractivity contribution in [1.82, 2.24) is 9.21 Å². The largest absolute Gasteiger partial charge is 0.493 e. The molecule has 0 unspecified atom stereocenters. The Labute approximate surface area is 161 Å². The molecule has 2 aromatic rings. The Hall–Kier alpha value is -1.75. The van der Waals surface area contributed by atoms with E-state index in [1.165, 1.54) is 28.8 Å². The third-order valence-electron chi connectivity index (χ3n) is 4.27. The number of piperazine rings is 1. The number of thiophene rings is 1. The van der Waals surface area contributed by atoms with Gasteiger partial charge in [0.15, 0.2) is 11.5 Å². The van der Waals surface area contributed by atoms with Crippen LogP contribution in [-0.4, -0.2) is 57.5 Å². The molecule has 0 atom stereocenters. The number of halogens is 2. The number of nitrogens with zero attached hydrogens (tertiary/aromatic N) is 2. The first-order chi connectivity index (χ1) is 12.9. The Balaban J connectivity index is 1.61. The lowest BCUT2D eigenvalue weighted by atomic mass is 10.1. The van der Waals surface area contributed by atoms with Crippen molar-refractivity contribution < 1.29 is 26.7 Å². The second kappa shape index (κ2) is 8.51. The summed E-state index contributed by atoms with van der Waals surface area (Å²) in [5.74, 6) is 0.231. The second-order valence-electron chi connectivity index (χ2n) is 5.98. The van der Waals surface area contributed by atoms with Gasteiger partial charge in [-0.05, 0) is 29.1 Å². The van der Waals surface area contributed by atoms with Crippen LogP contribution in [0.5, 0.6) is 11.5 Å². The van der Waals surface area contributed by atoms with Crippen LogP contribution in [0.25, 0.3) is 0 Å². The van der Waals surface area contributed by atoms with E-state index in [1.807, 2.05) is 0 Å². The van der Waals surface area contributed by atoms with Crippen LogP contribution < -0.4 is 9.47 Å². The first kappa shape index (κ1) is 20.0. The van der Waals surface area contributed by atoms with E-state index >= 15 is 0 Å². The summed E-state index contributed by atoms with van der Waals surface area (Å²) in [6.45, 7) is -0.362.